The largest absolute Gasteiger partial charge is 0.494 e. The number of fused-ring (bicyclic) bond motifs is 1. The Hall–Kier alpha value is -2.69. The van der Waals surface area contributed by atoms with Crippen molar-refractivity contribution in [2.75, 3.05) is 19.8 Å². The van der Waals surface area contributed by atoms with Crippen molar-refractivity contribution < 1.29 is 19.0 Å². The normalized spacial score (nSPS) is 16.8. The van der Waals surface area contributed by atoms with E-state index in [1.807, 2.05) is 62.4 Å². The van der Waals surface area contributed by atoms with Gasteiger partial charge in [0.25, 0.3) is 0 Å². The first-order valence-corrected chi connectivity index (χ1v) is 9.03. The van der Waals surface area contributed by atoms with Gasteiger partial charge in [0.05, 0.1) is 19.1 Å². The van der Waals surface area contributed by atoms with Crippen molar-refractivity contribution in [3.8, 4) is 17.2 Å². The van der Waals surface area contributed by atoms with Crippen molar-refractivity contribution in [3.63, 3.8) is 0 Å². The lowest BCUT2D eigenvalue weighted by molar-refractivity contribution is -0.126. The standard InChI is InChI=1S/C21H25NO4/c1-3-24-19-9-10-20-16(12-19)11-17(14-25-20)21(23)22-13-15(2)26-18-7-5-4-6-8-18/h4-10,12,15,17H,3,11,13-14H2,1-2H3,(H,22,23). The average molecular weight is 355 g/mol. The van der Waals surface area contributed by atoms with E-state index in [9.17, 15) is 4.79 Å². The number of hydrogen-bond acceptors (Lipinski definition) is 4. The molecule has 0 aromatic heterocycles. The van der Waals surface area contributed by atoms with Gasteiger partial charge in [-0.15, -0.1) is 0 Å². The predicted octanol–water partition coefficient (Wildman–Crippen LogP) is 3.22. The molecule has 3 rings (SSSR count). The van der Waals surface area contributed by atoms with Crippen LogP contribution < -0.4 is 19.5 Å². The van der Waals surface area contributed by atoms with Crippen molar-refractivity contribution in [3.05, 3.63) is 54.1 Å². The van der Waals surface area contributed by atoms with Crippen LogP contribution in [-0.4, -0.2) is 31.8 Å². The van der Waals surface area contributed by atoms with E-state index in [-0.39, 0.29) is 17.9 Å². The molecule has 0 aliphatic carbocycles. The molecule has 0 bridgehead atoms. The van der Waals surface area contributed by atoms with E-state index in [0.29, 0.717) is 26.2 Å². The summed E-state index contributed by atoms with van der Waals surface area (Å²) in [4.78, 5) is 12.5. The molecule has 2 atom stereocenters. The number of ether oxygens (including phenoxy) is 3. The second kappa shape index (κ2) is 8.61. The van der Waals surface area contributed by atoms with E-state index in [4.69, 9.17) is 14.2 Å². The van der Waals surface area contributed by atoms with Gasteiger partial charge in [0, 0.05) is 0 Å². The van der Waals surface area contributed by atoms with E-state index in [2.05, 4.69) is 5.32 Å². The second-order valence-electron chi connectivity index (χ2n) is 6.40. The number of nitrogens with one attached hydrogen (secondary N) is 1. The van der Waals surface area contributed by atoms with E-state index < -0.39 is 0 Å². The van der Waals surface area contributed by atoms with Crippen molar-refractivity contribution >= 4 is 5.91 Å². The van der Waals surface area contributed by atoms with Gasteiger partial charge in [-0.2, -0.15) is 0 Å². The van der Waals surface area contributed by atoms with Gasteiger partial charge in [0.1, 0.15) is 30.0 Å². The average Bonchev–Trinajstić information content (AvgIpc) is 2.66. The molecule has 2 unspecified atom stereocenters. The van der Waals surface area contributed by atoms with Crippen LogP contribution in [0.25, 0.3) is 0 Å². The third kappa shape index (κ3) is 4.69. The maximum Gasteiger partial charge on any atom is 0.227 e. The highest BCUT2D eigenvalue weighted by Crippen LogP contribution is 2.30. The lowest BCUT2D eigenvalue weighted by Crippen LogP contribution is -2.41. The summed E-state index contributed by atoms with van der Waals surface area (Å²) in [6.07, 6.45) is 0.540. The van der Waals surface area contributed by atoms with Crippen LogP contribution in [0.4, 0.5) is 0 Å². The van der Waals surface area contributed by atoms with E-state index in [1.54, 1.807) is 0 Å². The maximum absolute atomic E-state index is 12.5. The smallest absolute Gasteiger partial charge is 0.227 e. The van der Waals surface area contributed by atoms with Crippen LogP contribution >= 0.6 is 0 Å². The van der Waals surface area contributed by atoms with Crippen molar-refractivity contribution in [1.82, 2.24) is 5.32 Å². The van der Waals surface area contributed by atoms with Crippen molar-refractivity contribution in [2.24, 2.45) is 5.92 Å². The molecule has 1 aliphatic rings. The fraction of sp³-hybridized carbons (Fsp3) is 0.381. The van der Waals surface area contributed by atoms with Gasteiger partial charge in [-0.1, -0.05) is 18.2 Å². The lowest BCUT2D eigenvalue weighted by Gasteiger charge is -2.25. The Bertz CT molecular complexity index is 732. The molecule has 5 nitrogen and oxygen atoms in total. The van der Waals surface area contributed by atoms with Crippen molar-refractivity contribution in [1.29, 1.82) is 0 Å². The molecule has 0 saturated carbocycles. The second-order valence-corrected chi connectivity index (χ2v) is 6.40. The van der Waals surface area contributed by atoms with Crippen LogP contribution in [0.3, 0.4) is 0 Å². The molecular formula is C21H25NO4. The summed E-state index contributed by atoms with van der Waals surface area (Å²) < 4.78 is 17.1. The summed E-state index contributed by atoms with van der Waals surface area (Å²) in [6.45, 7) is 5.35. The predicted molar refractivity (Wildman–Crippen MR) is 99.8 cm³/mol. The van der Waals surface area contributed by atoms with E-state index >= 15 is 0 Å². The highest BCUT2D eigenvalue weighted by molar-refractivity contribution is 5.79. The molecule has 1 amide bonds. The summed E-state index contributed by atoms with van der Waals surface area (Å²) >= 11 is 0. The molecule has 2 aromatic carbocycles. The van der Waals surface area contributed by atoms with Gasteiger partial charge >= 0.3 is 0 Å². The van der Waals surface area contributed by atoms with E-state index in [0.717, 1.165) is 22.8 Å². The number of para-hydroxylation sites is 1. The fourth-order valence-electron chi connectivity index (χ4n) is 2.96. The molecule has 26 heavy (non-hydrogen) atoms. The van der Waals surface area contributed by atoms with Gasteiger partial charge in [-0.3, -0.25) is 4.79 Å². The highest BCUT2D eigenvalue weighted by Gasteiger charge is 2.26. The zero-order valence-electron chi connectivity index (χ0n) is 15.2. The monoisotopic (exact) mass is 355 g/mol. The molecule has 1 aliphatic heterocycles. The Morgan fingerprint density at radius 1 is 1.23 bits per heavy atom. The fourth-order valence-corrected chi connectivity index (χ4v) is 2.96. The summed E-state index contributed by atoms with van der Waals surface area (Å²) in [5.74, 6) is 2.22. The minimum atomic E-state index is -0.205. The topological polar surface area (TPSA) is 56.8 Å². The number of amides is 1. The van der Waals surface area contributed by atoms with Crippen LogP contribution in [0.15, 0.2) is 48.5 Å². The first-order chi connectivity index (χ1) is 12.7. The van der Waals surface area contributed by atoms with Crippen LogP contribution in [0, 0.1) is 5.92 Å². The van der Waals surface area contributed by atoms with Crippen molar-refractivity contribution in [2.45, 2.75) is 26.4 Å². The van der Waals surface area contributed by atoms with Crippen LogP contribution in [-0.2, 0) is 11.2 Å². The molecule has 1 heterocycles. The number of hydrogen-bond donors (Lipinski definition) is 1. The Morgan fingerprint density at radius 3 is 2.81 bits per heavy atom. The minimum absolute atomic E-state index is 0.0130. The molecular weight excluding hydrogens is 330 g/mol. The molecule has 0 radical (unpaired) electrons. The molecule has 5 heteroatoms. The molecule has 0 fully saturated rings. The maximum atomic E-state index is 12.5. The third-order valence-corrected chi connectivity index (χ3v) is 4.26. The van der Waals surface area contributed by atoms with Gasteiger partial charge in [0.2, 0.25) is 5.91 Å². The first-order valence-electron chi connectivity index (χ1n) is 9.03. The summed E-state index contributed by atoms with van der Waals surface area (Å²) in [7, 11) is 0. The summed E-state index contributed by atoms with van der Waals surface area (Å²) in [5.41, 5.74) is 1.01. The van der Waals surface area contributed by atoms with Gasteiger partial charge < -0.3 is 19.5 Å². The SMILES string of the molecule is CCOc1ccc2c(c1)CC(C(=O)NCC(C)Oc1ccccc1)CO2. The summed E-state index contributed by atoms with van der Waals surface area (Å²) in [5, 5.41) is 2.97. The Labute approximate surface area is 154 Å². The summed E-state index contributed by atoms with van der Waals surface area (Å²) in [6, 6.07) is 15.4. The van der Waals surface area contributed by atoms with Crippen LogP contribution in [0.1, 0.15) is 19.4 Å². The van der Waals surface area contributed by atoms with Crippen LogP contribution in [0.5, 0.6) is 17.2 Å². The Kier molecular flexibility index (Phi) is 6.00. The van der Waals surface area contributed by atoms with Gasteiger partial charge in [-0.05, 0) is 56.2 Å². The zero-order valence-corrected chi connectivity index (χ0v) is 15.2. The van der Waals surface area contributed by atoms with Gasteiger partial charge in [-0.25, -0.2) is 0 Å². The first kappa shape index (κ1) is 18.1. The lowest BCUT2D eigenvalue weighted by atomic mass is 9.95. The number of benzene rings is 2. The molecule has 0 spiro atoms. The quantitative estimate of drug-likeness (QED) is 0.829. The molecule has 1 N–H and O–H groups in total. The number of rotatable bonds is 7. The van der Waals surface area contributed by atoms with Gasteiger partial charge in [0.15, 0.2) is 0 Å². The molecule has 0 saturated heterocycles. The Balaban J connectivity index is 1.51. The highest BCUT2D eigenvalue weighted by atomic mass is 16.5. The van der Waals surface area contributed by atoms with E-state index in [1.165, 1.54) is 0 Å². The molecule has 2 aromatic rings. The number of carbonyl (C=O) groups excluding carboxylic acids is 1. The number of carbonyl (C=O) groups is 1. The molecule has 138 valence electrons. The zero-order chi connectivity index (χ0) is 18.4. The van der Waals surface area contributed by atoms with Crippen LogP contribution in [0.2, 0.25) is 0 Å². The Morgan fingerprint density at radius 2 is 2.04 bits per heavy atom. The third-order valence-electron chi connectivity index (χ3n) is 4.26. The minimum Gasteiger partial charge on any atom is -0.494 e.